The maximum atomic E-state index is 11.7. The lowest BCUT2D eigenvalue weighted by atomic mass is 9.98. The van der Waals surface area contributed by atoms with Crippen LogP contribution in [0.3, 0.4) is 0 Å². The van der Waals surface area contributed by atoms with Gasteiger partial charge in [0.15, 0.2) is 0 Å². The highest BCUT2D eigenvalue weighted by Crippen LogP contribution is 2.12. The smallest absolute Gasteiger partial charge is 0.223 e. The largest absolute Gasteiger partial charge is 0.356 e. The molecule has 0 heterocycles. The van der Waals surface area contributed by atoms with Gasteiger partial charge in [-0.05, 0) is 26.2 Å². The Kier molecular flexibility index (Phi) is 8.38. The maximum absolute atomic E-state index is 11.7. The summed E-state index contributed by atoms with van der Waals surface area (Å²) < 4.78 is 0. The number of rotatable bonds is 8. The number of hydrogen-bond acceptors (Lipinski definition) is 2. The fourth-order valence-electron chi connectivity index (χ4n) is 1.54. The zero-order valence-electron chi connectivity index (χ0n) is 10.4. The molecule has 3 N–H and O–H groups in total. The second-order valence-corrected chi connectivity index (χ2v) is 4.30. The van der Waals surface area contributed by atoms with E-state index in [2.05, 4.69) is 19.2 Å². The van der Waals surface area contributed by atoms with Crippen molar-refractivity contribution in [1.82, 2.24) is 5.32 Å². The van der Waals surface area contributed by atoms with E-state index in [9.17, 15) is 4.79 Å². The average Bonchev–Trinajstić information content (AvgIpc) is 2.18. The summed E-state index contributed by atoms with van der Waals surface area (Å²) in [7, 11) is 0. The number of unbranched alkanes of at least 4 members (excludes halogenated alkanes) is 1. The van der Waals surface area contributed by atoms with Crippen LogP contribution in [0.4, 0.5) is 0 Å². The first-order valence-electron chi connectivity index (χ1n) is 6.15. The van der Waals surface area contributed by atoms with Gasteiger partial charge < -0.3 is 11.1 Å². The van der Waals surface area contributed by atoms with Crippen molar-refractivity contribution in [2.75, 3.05) is 6.54 Å². The molecule has 0 aromatic carbocycles. The molecule has 2 atom stereocenters. The molecular weight excluding hydrogens is 188 g/mol. The molecule has 0 aliphatic carbocycles. The molecule has 2 unspecified atom stereocenters. The van der Waals surface area contributed by atoms with E-state index in [1.807, 2.05) is 6.92 Å². The summed E-state index contributed by atoms with van der Waals surface area (Å²) in [6.45, 7) is 6.89. The van der Waals surface area contributed by atoms with E-state index in [0.717, 1.165) is 32.1 Å². The number of hydrogen-bond donors (Lipinski definition) is 2. The highest BCUT2D eigenvalue weighted by molar-refractivity contribution is 5.78. The molecule has 1 amide bonds. The number of carbonyl (C=O) groups is 1. The third kappa shape index (κ3) is 7.37. The summed E-state index contributed by atoms with van der Waals surface area (Å²) in [4.78, 5) is 11.7. The molecule has 3 heteroatoms. The molecule has 0 bridgehead atoms. The summed E-state index contributed by atoms with van der Waals surface area (Å²) in [5.74, 6) is 0.393. The van der Waals surface area contributed by atoms with Gasteiger partial charge in [-0.25, -0.2) is 0 Å². The van der Waals surface area contributed by atoms with Crippen molar-refractivity contribution in [2.45, 2.75) is 58.9 Å². The molecule has 0 rings (SSSR count). The Balaban J connectivity index is 3.73. The van der Waals surface area contributed by atoms with E-state index in [0.29, 0.717) is 6.54 Å². The summed E-state index contributed by atoms with van der Waals surface area (Å²) >= 11 is 0. The predicted molar refractivity (Wildman–Crippen MR) is 64.6 cm³/mol. The van der Waals surface area contributed by atoms with Crippen molar-refractivity contribution in [3.63, 3.8) is 0 Å². The van der Waals surface area contributed by atoms with Crippen molar-refractivity contribution in [3.05, 3.63) is 0 Å². The number of amides is 1. The van der Waals surface area contributed by atoms with Crippen molar-refractivity contribution >= 4 is 5.91 Å². The SMILES string of the molecule is CCCCC(CC)C(=O)NCCC(C)N. The van der Waals surface area contributed by atoms with Crippen LogP contribution < -0.4 is 11.1 Å². The lowest BCUT2D eigenvalue weighted by Gasteiger charge is -2.15. The first-order chi connectivity index (χ1) is 7.11. The van der Waals surface area contributed by atoms with E-state index < -0.39 is 0 Å². The molecule has 0 saturated heterocycles. The van der Waals surface area contributed by atoms with Crippen LogP contribution in [0.25, 0.3) is 0 Å². The van der Waals surface area contributed by atoms with E-state index in [4.69, 9.17) is 5.73 Å². The zero-order chi connectivity index (χ0) is 11.7. The molecule has 0 aliphatic heterocycles. The molecule has 0 radical (unpaired) electrons. The van der Waals surface area contributed by atoms with Gasteiger partial charge in [0.2, 0.25) is 5.91 Å². The Labute approximate surface area is 93.8 Å². The van der Waals surface area contributed by atoms with Gasteiger partial charge in [-0.15, -0.1) is 0 Å². The first kappa shape index (κ1) is 14.4. The van der Waals surface area contributed by atoms with Gasteiger partial charge in [0.25, 0.3) is 0 Å². The van der Waals surface area contributed by atoms with Crippen LogP contribution in [-0.4, -0.2) is 18.5 Å². The van der Waals surface area contributed by atoms with Crippen LogP contribution in [0, 0.1) is 5.92 Å². The second-order valence-electron chi connectivity index (χ2n) is 4.30. The topological polar surface area (TPSA) is 55.1 Å². The molecule has 0 fully saturated rings. The predicted octanol–water partition coefficient (Wildman–Crippen LogP) is 2.06. The van der Waals surface area contributed by atoms with E-state index >= 15 is 0 Å². The number of nitrogens with two attached hydrogens (primary N) is 1. The summed E-state index contributed by atoms with van der Waals surface area (Å²) in [5, 5.41) is 2.95. The fourth-order valence-corrected chi connectivity index (χ4v) is 1.54. The average molecular weight is 214 g/mol. The normalized spacial score (nSPS) is 14.7. The van der Waals surface area contributed by atoms with Crippen molar-refractivity contribution < 1.29 is 4.79 Å². The second kappa shape index (κ2) is 8.72. The standard InChI is InChI=1S/C12H26N2O/c1-4-6-7-11(5-2)12(15)14-9-8-10(3)13/h10-11H,4-9,13H2,1-3H3,(H,14,15). The van der Waals surface area contributed by atoms with Gasteiger partial charge in [0.05, 0.1) is 0 Å². The Morgan fingerprint density at radius 1 is 1.33 bits per heavy atom. The van der Waals surface area contributed by atoms with Crippen LogP contribution >= 0.6 is 0 Å². The summed E-state index contributed by atoms with van der Waals surface area (Å²) in [6, 6.07) is 0.168. The van der Waals surface area contributed by atoms with Gasteiger partial charge in [-0.3, -0.25) is 4.79 Å². The van der Waals surface area contributed by atoms with E-state index in [1.165, 1.54) is 0 Å². The molecule has 0 aromatic heterocycles. The number of carbonyl (C=O) groups excluding carboxylic acids is 1. The highest BCUT2D eigenvalue weighted by atomic mass is 16.1. The third-order valence-electron chi connectivity index (χ3n) is 2.67. The Bertz CT molecular complexity index is 169. The quantitative estimate of drug-likeness (QED) is 0.650. The Hall–Kier alpha value is -0.570. The lowest BCUT2D eigenvalue weighted by molar-refractivity contribution is -0.125. The van der Waals surface area contributed by atoms with Crippen LogP contribution in [0.5, 0.6) is 0 Å². The first-order valence-corrected chi connectivity index (χ1v) is 6.15. The third-order valence-corrected chi connectivity index (χ3v) is 2.67. The van der Waals surface area contributed by atoms with Crippen LogP contribution in [0.15, 0.2) is 0 Å². The van der Waals surface area contributed by atoms with Crippen LogP contribution in [-0.2, 0) is 4.79 Å². The summed E-state index contributed by atoms with van der Waals surface area (Å²) in [6.07, 6.45) is 5.10. The Morgan fingerprint density at radius 2 is 2.00 bits per heavy atom. The van der Waals surface area contributed by atoms with Crippen molar-refractivity contribution in [1.29, 1.82) is 0 Å². The Morgan fingerprint density at radius 3 is 2.47 bits per heavy atom. The highest BCUT2D eigenvalue weighted by Gasteiger charge is 2.14. The maximum Gasteiger partial charge on any atom is 0.223 e. The fraction of sp³-hybridized carbons (Fsp3) is 0.917. The number of nitrogens with one attached hydrogen (secondary N) is 1. The molecule has 0 spiro atoms. The van der Waals surface area contributed by atoms with E-state index in [1.54, 1.807) is 0 Å². The molecule has 0 aromatic rings. The molecule has 90 valence electrons. The molecule has 0 aliphatic rings. The minimum absolute atomic E-state index is 0.168. The molecular formula is C12H26N2O. The lowest BCUT2D eigenvalue weighted by Crippen LogP contribution is -2.33. The van der Waals surface area contributed by atoms with Crippen molar-refractivity contribution in [2.24, 2.45) is 11.7 Å². The minimum atomic E-state index is 0.168. The molecule has 3 nitrogen and oxygen atoms in total. The monoisotopic (exact) mass is 214 g/mol. The van der Waals surface area contributed by atoms with Gasteiger partial charge in [-0.1, -0.05) is 26.7 Å². The van der Waals surface area contributed by atoms with Gasteiger partial charge in [0, 0.05) is 18.5 Å². The van der Waals surface area contributed by atoms with Gasteiger partial charge >= 0.3 is 0 Å². The summed E-state index contributed by atoms with van der Waals surface area (Å²) in [5.41, 5.74) is 5.62. The van der Waals surface area contributed by atoms with Gasteiger partial charge in [-0.2, -0.15) is 0 Å². The minimum Gasteiger partial charge on any atom is -0.356 e. The zero-order valence-corrected chi connectivity index (χ0v) is 10.4. The van der Waals surface area contributed by atoms with Gasteiger partial charge in [0.1, 0.15) is 0 Å². The molecule has 15 heavy (non-hydrogen) atoms. The van der Waals surface area contributed by atoms with Crippen LogP contribution in [0.2, 0.25) is 0 Å². The van der Waals surface area contributed by atoms with Crippen LogP contribution in [0.1, 0.15) is 52.9 Å². The van der Waals surface area contributed by atoms with E-state index in [-0.39, 0.29) is 17.9 Å². The molecule has 0 saturated carbocycles. The van der Waals surface area contributed by atoms with Crippen molar-refractivity contribution in [3.8, 4) is 0 Å².